The zero-order valence-corrected chi connectivity index (χ0v) is 15.1. The minimum atomic E-state index is -0.222. The summed E-state index contributed by atoms with van der Waals surface area (Å²) in [6, 6.07) is 11.9. The van der Waals surface area contributed by atoms with Crippen LogP contribution in [0.5, 0.6) is 0 Å². The number of fused-ring (bicyclic) bond motifs is 3. The highest BCUT2D eigenvalue weighted by Gasteiger charge is 2.29. The Morgan fingerprint density at radius 2 is 2.12 bits per heavy atom. The molecule has 2 aromatic carbocycles. The van der Waals surface area contributed by atoms with Gasteiger partial charge in [0.1, 0.15) is 5.58 Å². The van der Waals surface area contributed by atoms with E-state index < -0.39 is 0 Å². The lowest BCUT2D eigenvalue weighted by atomic mass is 10.1. The van der Waals surface area contributed by atoms with E-state index in [1.165, 1.54) is 0 Å². The first-order valence-electron chi connectivity index (χ1n) is 9.01. The Kier molecular flexibility index (Phi) is 4.66. The van der Waals surface area contributed by atoms with Crippen LogP contribution in [0.2, 0.25) is 0 Å². The van der Waals surface area contributed by atoms with Gasteiger partial charge in [-0.1, -0.05) is 36.4 Å². The maximum atomic E-state index is 12.9. The lowest BCUT2D eigenvalue weighted by Crippen LogP contribution is -2.46. The van der Waals surface area contributed by atoms with Gasteiger partial charge in [-0.05, 0) is 25.2 Å². The van der Waals surface area contributed by atoms with Crippen molar-refractivity contribution >= 4 is 27.6 Å². The molecule has 26 heavy (non-hydrogen) atoms. The van der Waals surface area contributed by atoms with E-state index in [0.717, 1.165) is 46.8 Å². The first-order valence-corrected chi connectivity index (χ1v) is 9.01. The maximum absolute atomic E-state index is 12.9. The molecule has 5 heteroatoms. The van der Waals surface area contributed by atoms with Gasteiger partial charge in [0.15, 0.2) is 5.76 Å². The number of nitrogens with one attached hydrogen (secondary N) is 1. The van der Waals surface area contributed by atoms with Gasteiger partial charge in [-0.3, -0.25) is 4.79 Å². The summed E-state index contributed by atoms with van der Waals surface area (Å²) in [5.41, 5.74) is 1.61. The second-order valence-corrected chi connectivity index (χ2v) is 6.81. The number of ether oxygens (including phenoxy) is 2. The van der Waals surface area contributed by atoms with Crippen molar-refractivity contribution in [3.63, 3.8) is 0 Å². The first-order chi connectivity index (χ1) is 12.7. The summed E-state index contributed by atoms with van der Waals surface area (Å²) in [6.45, 7) is 3.07. The molecule has 0 unspecified atom stereocenters. The number of carbonyl (C=O) groups is 1. The Morgan fingerprint density at radius 1 is 1.27 bits per heavy atom. The monoisotopic (exact) mass is 353 g/mol. The summed E-state index contributed by atoms with van der Waals surface area (Å²) in [4.78, 5) is 12.9. The lowest BCUT2D eigenvalue weighted by Gasteiger charge is -2.23. The van der Waals surface area contributed by atoms with E-state index in [1.807, 2.05) is 37.3 Å². The standard InChI is InChI=1S/C21H23NO4/c1-13-15-10-9-14-6-3-4-7-16(14)20(15)26-19(13)21(23)22-17(12-24-2)18-8-5-11-25-18/h3-4,6-7,9-10,17-18H,5,8,11-12H2,1-2H3,(H,22,23)/t17-,18+/m1/s1. The van der Waals surface area contributed by atoms with Crippen molar-refractivity contribution in [3.05, 3.63) is 47.7 Å². The molecule has 0 bridgehead atoms. The summed E-state index contributed by atoms with van der Waals surface area (Å²) >= 11 is 0. The highest BCUT2D eigenvalue weighted by Crippen LogP contribution is 2.31. The van der Waals surface area contributed by atoms with E-state index in [1.54, 1.807) is 7.11 Å². The predicted octanol–water partition coefficient (Wildman–Crippen LogP) is 3.82. The van der Waals surface area contributed by atoms with Crippen molar-refractivity contribution in [2.24, 2.45) is 0 Å². The van der Waals surface area contributed by atoms with Crippen LogP contribution < -0.4 is 5.32 Å². The molecule has 3 aromatic rings. The number of hydrogen-bond donors (Lipinski definition) is 1. The zero-order chi connectivity index (χ0) is 18.1. The quantitative estimate of drug-likeness (QED) is 0.757. The molecule has 2 heterocycles. The van der Waals surface area contributed by atoms with Crippen LogP contribution in [0.1, 0.15) is 29.0 Å². The van der Waals surface area contributed by atoms with E-state index >= 15 is 0 Å². The van der Waals surface area contributed by atoms with Gasteiger partial charge in [0.05, 0.1) is 18.8 Å². The van der Waals surface area contributed by atoms with Crippen LogP contribution in [0, 0.1) is 6.92 Å². The highest BCUT2D eigenvalue weighted by atomic mass is 16.5. The molecule has 0 aliphatic carbocycles. The zero-order valence-electron chi connectivity index (χ0n) is 15.1. The van der Waals surface area contributed by atoms with Gasteiger partial charge in [-0.2, -0.15) is 0 Å². The molecule has 1 amide bonds. The number of methoxy groups -OCH3 is 1. The van der Waals surface area contributed by atoms with Crippen LogP contribution in [0.25, 0.3) is 21.7 Å². The number of hydrogen-bond acceptors (Lipinski definition) is 4. The van der Waals surface area contributed by atoms with E-state index in [0.29, 0.717) is 12.4 Å². The molecule has 136 valence electrons. The molecule has 1 saturated heterocycles. The predicted molar refractivity (Wildman–Crippen MR) is 101 cm³/mol. The Morgan fingerprint density at radius 3 is 2.88 bits per heavy atom. The van der Waals surface area contributed by atoms with Gasteiger partial charge in [0.2, 0.25) is 0 Å². The molecule has 1 aliphatic heterocycles. The van der Waals surface area contributed by atoms with E-state index in [4.69, 9.17) is 13.9 Å². The van der Waals surface area contributed by atoms with E-state index in [2.05, 4.69) is 11.4 Å². The number of amides is 1. The number of aryl methyl sites for hydroxylation is 1. The summed E-state index contributed by atoms with van der Waals surface area (Å²) in [5.74, 6) is 0.135. The summed E-state index contributed by atoms with van der Waals surface area (Å²) in [6.07, 6.45) is 1.93. The van der Waals surface area contributed by atoms with Crippen LogP contribution in [0.4, 0.5) is 0 Å². The molecule has 1 aromatic heterocycles. The number of benzene rings is 2. The minimum Gasteiger partial charge on any atom is -0.450 e. The van der Waals surface area contributed by atoms with Crippen molar-refractivity contribution < 1.29 is 18.7 Å². The van der Waals surface area contributed by atoms with Gasteiger partial charge in [-0.15, -0.1) is 0 Å². The lowest BCUT2D eigenvalue weighted by molar-refractivity contribution is 0.0396. The molecule has 2 atom stereocenters. The van der Waals surface area contributed by atoms with Crippen LogP contribution in [-0.4, -0.2) is 38.4 Å². The Labute approximate surface area is 152 Å². The molecule has 0 saturated carbocycles. The molecule has 1 fully saturated rings. The smallest absolute Gasteiger partial charge is 0.287 e. The second-order valence-electron chi connectivity index (χ2n) is 6.81. The normalized spacial score (nSPS) is 18.5. The van der Waals surface area contributed by atoms with E-state index in [9.17, 15) is 4.79 Å². The van der Waals surface area contributed by atoms with E-state index in [-0.39, 0.29) is 18.1 Å². The summed E-state index contributed by atoms with van der Waals surface area (Å²) < 4.78 is 17.0. The molecule has 4 rings (SSSR count). The third-order valence-corrected chi connectivity index (χ3v) is 5.11. The highest BCUT2D eigenvalue weighted by molar-refractivity contribution is 6.08. The first kappa shape index (κ1) is 17.1. The average Bonchev–Trinajstić information content (AvgIpc) is 3.30. The Bertz CT molecular complexity index is 940. The molecule has 0 radical (unpaired) electrons. The van der Waals surface area contributed by atoms with Crippen molar-refractivity contribution in [2.75, 3.05) is 20.3 Å². The molecule has 1 aliphatic rings. The topological polar surface area (TPSA) is 60.7 Å². The fourth-order valence-corrected chi connectivity index (χ4v) is 3.74. The van der Waals surface area contributed by atoms with Gasteiger partial charge in [0.25, 0.3) is 5.91 Å². The largest absolute Gasteiger partial charge is 0.450 e. The van der Waals surface area contributed by atoms with Crippen LogP contribution in [0.3, 0.4) is 0 Å². The van der Waals surface area contributed by atoms with Crippen molar-refractivity contribution in [1.82, 2.24) is 5.32 Å². The Balaban J connectivity index is 1.67. The summed E-state index contributed by atoms with van der Waals surface area (Å²) in [5, 5.41) is 6.12. The Hall–Kier alpha value is -2.37. The maximum Gasteiger partial charge on any atom is 0.287 e. The molecule has 0 spiro atoms. The van der Waals surface area contributed by atoms with Gasteiger partial charge >= 0.3 is 0 Å². The van der Waals surface area contributed by atoms with Gasteiger partial charge in [0, 0.05) is 30.1 Å². The fourth-order valence-electron chi connectivity index (χ4n) is 3.74. The van der Waals surface area contributed by atoms with Crippen LogP contribution >= 0.6 is 0 Å². The third kappa shape index (κ3) is 2.97. The summed E-state index contributed by atoms with van der Waals surface area (Å²) in [7, 11) is 1.63. The number of carbonyl (C=O) groups excluding carboxylic acids is 1. The van der Waals surface area contributed by atoms with Crippen LogP contribution in [0.15, 0.2) is 40.8 Å². The van der Waals surface area contributed by atoms with Crippen molar-refractivity contribution in [2.45, 2.75) is 31.9 Å². The van der Waals surface area contributed by atoms with Crippen LogP contribution in [-0.2, 0) is 9.47 Å². The molecular formula is C21H23NO4. The SMILES string of the molecule is COC[C@@H](NC(=O)c1oc2c(ccc3ccccc32)c1C)[C@@H]1CCCO1. The molecule has 5 nitrogen and oxygen atoms in total. The second kappa shape index (κ2) is 7.09. The minimum absolute atomic E-state index is 0.00980. The van der Waals surface area contributed by atoms with Gasteiger partial charge < -0.3 is 19.2 Å². The average molecular weight is 353 g/mol. The number of furan rings is 1. The third-order valence-electron chi connectivity index (χ3n) is 5.11. The van der Waals surface area contributed by atoms with Gasteiger partial charge in [-0.25, -0.2) is 0 Å². The number of rotatable bonds is 5. The van der Waals surface area contributed by atoms with Crippen molar-refractivity contribution in [3.8, 4) is 0 Å². The molecule has 1 N–H and O–H groups in total. The molecular weight excluding hydrogens is 330 g/mol. The van der Waals surface area contributed by atoms with Crippen molar-refractivity contribution in [1.29, 1.82) is 0 Å². The fraction of sp³-hybridized carbons (Fsp3) is 0.381.